The van der Waals surface area contributed by atoms with Crippen LogP contribution in [0.15, 0.2) is 36.5 Å². The summed E-state index contributed by atoms with van der Waals surface area (Å²) in [5.41, 5.74) is 0. The lowest BCUT2D eigenvalue weighted by Gasteiger charge is -2.14. The molecular weight excluding hydrogens is 296 g/mol. The first kappa shape index (κ1) is 22.7. The van der Waals surface area contributed by atoms with Gasteiger partial charge in [-0.3, -0.25) is 4.79 Å². The van der Waals surface area contributed by atoms with Gasteiger partial charge in [-0.1, -0.05) is 76.0 Å². The van der Waals surface area contributed by atoms with E-state index in [0.717, 1.165) is 25.7 Å². The summed E-state index contributed by atoms with van der Waals surface area (Å²) >= 11 is 0. The Hall–Kier alpha value is -1.31. The SMILES string of the molecule is CCC=CCC=CCC=CCCCCCCC(CC)COC(C)=O. The Bertz CT molecular complexity index is 366. The van der Waals surface area contributed by atoms with Gasteiger partial charge in [0.1, 0.15) is 0 Å². The summed E-state index contributed by atoms with van der Waals surface area (Å²) in [6, 6.07) is 0. The Morgan fingerprint density at radius 1 is 0.875 bits per heavy atom. The van der Waals surface area contributed by atoms with Crippen molar-refractivity contribution in [3.05, 3.63) is 36.5 Å². The minimum absolute atomic E-state index is 0.160. The number of esters is 1. The quantitative estimate of drug-likeness (QED) is 0.187. The van der Waals surface area contributed by atoms with Gasteiger partial charge in [-0.25, -0.2) is 0 Å². The zero-order valence-corrected chi connectivity index (χ0v) is 16.1. The molecule has 1 atom stereocenters. The van der Waals surface area contributed by atoms with E-state index in [1.165, 1.54) is 45.4 Å². The molecule has 2 heteroatoms. The molecule has 0 N–H and O–H groups in total. The highest BCUT2D eigenvalue weighted by molar-refractivity contribution is 5.65. The molecule has 0 aliphatic rings. The first-order valence-electron chi connectivity index (χ1n) is 9.79. The number of ether oxygens (including phenoxy) is 1. The molecule has 138 valence electrons. The van der Waals surface area contributed by atoms with Crippen LogP contribution in [-0.4, -0.2) is 12.6 Å². The molecule has 24 heavy (non-hydrogen) atoms. The van der Waals surface area contributed by atoms with Crippen LogP contribution in [0.2, 0.25) is 0 Å². The maximum atomic E-state index is 10.8. The van der Waals surface area contributed by atoms with E-state index in [0.29, 0.717) is 12.5 Å². The van der Waals surface area contributed by atoms with Gasteiger partial charge in [0.2, 0.25) is 0 Å². The molecule has 0 aliphatic carbocycles. The molecule has 0 rings (SSSR count). The fourth-order valence-corrected chi connectivity index (χ4v) is 2.52. The minimum atomic E-state index is -0.160. The third kappa shape index (κ3) is 17.1. The highest BCUT2D eigenvalue weighted by Gasteiger charge is 2.07. The van der Waals surface area contributed by atoms with Gasteiger partial charge in [-0.15, -0.1) is 0 Å². The maximum Gasteiger partial charge on any atom is 0.302 e. The van der Waals surface area contributed by atoms with Gasteiger partial charge < -0.3 is 4.74 Å². The van der Waals surface area contributed by atoms with Gasteiger partial charge >= 0.3 is 5.97 Å². The minimum Gasteiger partial charge on any atom is -0.466 e. The van der Waals surface area contributed by atoms with Crippen molar-refractivity contribution in [3.8, 4) is 0 Å². The van der Waals surface area contributed by atoms with E-state index >= 15 is 0 Å². The number of hydrogen-bond acceptors (Lipinski definition) is 2. The number of hydrogen-bond donors (Lipinski definition) is 0. The summed E-state index contributed by atoms with van der Waals surface area (Å²) in [5.74, 6) is 0.375. The first-order chi connectivity index (χ1) is 11.7. The van der Waals surface area contributed by atoms with Gasteiger partial charge in [-0.05, 0) is 44.4 Å². The Balaban J connectivity index is 3.44. The number of allylic oxidation sites excluding steroid dienone is 6. The Morgan fingerprint density at radius 2 is 1.50 bits per heavy atom. The Morgan fingerprint density at radius 3 is 2.12 bits per heavy atom. The van der Waals surface area contributed by atoms with Crippen molar-refractivity contribution < 1.29 is 9.53 Å². The molecule has 0 aromatic rings. The topological polar surface area (TPSA) is 26.3 Å². The highest BCUT2D eigenvalue weighted by Crippen LogP contribution is 2.15. The second kappa shape index (κ2) is 18.0. The molecule has 0 radical (unpaired) electrons. The molecule has 0 saturated carbocycles. The lowest BCUT2D eigenvalue weighted by Crippen LogP contribution is -2.11. The molecule has 1 unspecified atom stereocenters. The number of carbonyl (C=O) groups is 1. The van der Waals surface area contributed by atoms with Crippen LogP contribution < -0.4 is 0 Å². The molecule has 2 nitrogen and oxygen atoms in total. The van der Waals surface area contributed by atoms with E-state index in [1.807, 2.05) is 0 Å². The Labute approximate surface area is 150 Å². The first-order valence-corrected chi connectivity index (χ1v) is 9.79. The molecule has 0 saturated heterocycles. The average molecular weight is 335 g/mol. The van der Waals surface area contributed by atoms with E-state index < -0.39 is 0 Å². The molecule has 0 aliphatic heterocycles. The third-order valence-electron chi connectivity index (χ3n) is 4.11. The summed E-state index contributed by atoms with van der Waals surface area (Å²) in [4.78, 5) is 10.8. The number of rotatable bonds is 15. The van der Waals surface area contributed by atoms with E-state index in [-0.39, 0.29) is 5.97 Å². The lowest BCUT2D eigenvalue weighted by atomic mass is 9.99. The summed E-state index contributed by atoms with van der Waals surface area (Å²) in [7, 11) is 0. The van der Waals surface area contributed by atoms with Gasteiger partial charge in [0, 0.05) is 6.92 Å². The number of unbranched alkanes of at least 4 members (excludes halogenated alkanes) is 4. The van der Waals surface area contributed by atoms with E-state index in [2.05, 4.69) is 50.3 Å². The van der Waals surface area contributed by atoms with Crippen molar-refractivity contribution in [2.24, 2.45) is 5.92 Å². The molecule has 0 aromatic carbocycles. The van der Waals surface area contributed by atoms with Gasteiger partial charge in [0.05, 0.1) is 6.61 Å². The van der Waals surface area contributed by atoms with Gasteiger partial charge in [0.15, 0.2) is 0 Å². The Kier molecular flexibility index (Phi) is 17.1. The second-order valence-electron chi connectivity index (χ2n) is 6.36. The van der Waals surface area contributed by atoms with Crippen LogP contribution in [0.25, 0.3) is 0 Å². The van der Waals surface area contributed by atoms with E-state index in [1.54, 1.807) is 0 Å². The van der Waals surface area contributed by atoms with Crippen LogP contribution in [-0.2, 0) is 9.53 Å². The van der Waals surface area contributed by atoms with Crippen LogP contribution in [0.4, 0.5) is 0 Å². The molecular formula is C22H38O2. The van der Waals surface area contributed by atoms with Crippen LogP contribution in [0, 0.1) is 5.92 Å². The number of carbonyl (C=O) groups excluding carboxylic acids is 1. The summed E-state index contributed by atoms with van der Waals surface area (Å²) in [6.07, 6.45) is 25.3. The fraction of sp³-hybridized carbons (Fsp3) is 0.682. The van der Waals surface area contributed by atoms with Crippen molar-refractivity contribution in [2.45, 2.75) is 85.0 Å². The van der Waals surface area contributed by atoms with E-state index in [4.69, 9.17) is 4.74 Å². The largest absolute Gasteiger partial charge is 0.466 e. The predicted octanol–water partition coefficient (Wildman–Crippen LogP) is 6.78. The van der Waals surface area contributed by atoms with Crippen LogP contribution in [0.3, 0.4) is 0 Å². The van der Waals surface area contributed by atoms with Gasteiger partial charge in [0.25, 0.3) is 0 Å². The van der Waals surface area contributed by atoms with Gasteiger partial charge in [-0.2, -0.15) is 0 Å². The van der Waals surface area contributed by atoms with Crippen molar-refractivity contribution in [3.63, 3.8) is 0 Å². The average Bonchev–Trinajstić information content (AvgIpc) is 2.57. The predicted molar refractivity (Wildman–Crippen MR) is 105 cm³/mol. The molecule has 0 bridgehead atoms. The third-order valence-corrected chi connectivity index (χ3v) is 4.11. The molecule has 0 fully saturated rings. The monoisotopic (exact) mass is 334 g/mol. The smallest absolute Gasteiger partial charge is 0.302 e. The molecule has 0 aromatic heterocycles. The van der Waals surface area contributed by atoms with Crippen LogP contribution >= 0.6 is 0 Å². The molecule has 0 amide bonds. The van der Waals surface area contributed by atoms with Crippen molar-refractivity contribution in [1.29, 1.82) is 0 Å². The summed E-state index contributed by atoms with van der Waals surface area (Å²) in [6.45, 7) is 6.41. The standard InChI is InChI=1S/C22H38O2/c1-4-6-7-8-9-10-11-12-13-14-15-16-17-18-19-22(5-2)20-24-21(3)23/h6-7,9-10,12-13,22H,4-5,8,11,14-20H2,1-3H3. The highest BCUT2D eigenvalue weighted by atomic mass is 16.5. The fourth-order valence-electron chi connectivity index (χ4n) is 2.52. The second-order valence-corrected chi connectivity index (χ2v) is 6.36. The normalized spacial score (nSPS) is 13.3. The summed E-state index contributed by atoms with van der Waals surface area (Å²) in [5, 5.41) is 0. The molecule has 0 spiro atoms. The summed E-state index contributed by atoms with van der Waals surface area (Å²) < 4.78 is 5.11. The van der Waals surface area contributed by atoms with E-state index in [9.17, 15) is 4.79 Å². The van der Waals surface area contributed by atoms with Crippen molar-refractivity contribution in [1.82, 2.24) is 0 Å². The van der Waals surface area contributed by atoms with Crippen molar-refractivity contribution >= 4 is 5.97 Å². The molecule has 0 heterocycles. The zero-order valence-electron chi connectivity index (χ0n) is 16.1. The zero-order chi connectivity index (χ0) is 17.9. The lowest BCUT2D eigenvalue weighted by molar-refractivity contribution is -0.142. The maximum absolute atomic E-state index is 10.8. The van der Waals surface area contributed by atoms with Crippen LogP contribution in [0.1, 0.15) is 85.0 Å². The van der Waals surface area contributed by atoms with Crippen LogP contribution in [0.5, 0.6) is 0 Å². The van der Waals surface area contributed by atoms with Crippen molar-refractivity contribution in [2.75, 3.05) is 6.61 Å².